The highest BCUT2D eigenvalue weighted by Crippen LogP contribution is 2.34. The highest BCUT2D eigenvalue weighted by atomic mass is 35.5. The van der Waals surface area contributed by atoms with Gasteiger partial charge in [0.25, 0.3) is 5.91 Å². The average Bonchev–Trinajstić information content (AvgIpc) is 3.16. The number of benzene rings is 1. The summed E-state index contributed by atoms with van der Waals surface area (Å²) in [5.74, 6) is 2.86. The molecule has 2 aromatic heterocycles. The van der Waals surface area contributed by atoms with Gasteiger partial charge in [-0.05, 0) is 29.7 Å². The molecular formula is C25H31ClN6O3. The molecule has 1 aliphatic rings. The van der Waals surface area contributed by atoms with Crippen LogP contribution in [0.25, 0.3) is 0 Å². The minimum absolute atomic E-state index is 0.126. The molecule has 0 saturated carbocycles. The fraction of sp³-hybridized carbons (Fsp3) is 0.440. The number of rotatable bonds is 8. The van der Waals surface area contributed by atoms with Gasteiger partial charge < -0.3 is 19.4 Å². The van der Waals surface area contributed by atoms with Gasteiger partial charge in [0.15, 0.2) is 17.3 Å². The SMILES string of the molecule is COc1cc(Cl)c(CN2CCc3nnc([C@@H](NC(=O)c4ccccn4)C(C)C)n3CC2)cc1OC. The van der Waals surface area contributed by atoms with Crippen LogP contribution in [0.1, 0.15) is 47.6 Å². The van der Waals surface area contributed by atoms with Crippen LogP contribution >= 0.6 is 11.6 Å². The number of hydrogen-bond acceptors (Lipinski definition) is 7. The van der Waals surface area contributed by atoms with Crippen molar-refractivity contribution < 1.29 is 14.3 Å². The van der Waals surface area contributed by atoms with Gasteiger partial charge in [-0.15, -0.1) is 10.2 Å². The minimum atomic E-state index is -0.280. The van der Waals surface area contributed by atoms with Crippen molar-refractivity contribution in [2.45, 2.75) is 39.4 Å². The van der Waals surface area contributed by atoms with Crippen LogP contribution in [0.5, 0.6) is 11.5 Å². The zero-order valence-corrected chi connectivity index (χ0v) is 21.2. The molecule has 4 rings (SSSR count). The van der Waals surface area contributed by atoms with Gasteiger partial charge in [0.1, 0.15) is 11.5 Å². The van der Waals surface area contributed by atoms with Crippen LogP contribution in [0.15, 0.2) is 36.5 Å². The molecule has 0 aliphatic carbocycles. The van der Waals surface area contributed by atoms with Gasteiger partial charge >= 0.3 is 0 Å². The van der Waals surface area contributed by atoms with Crippen molar-refractivity contribution in [3.05, 3.63) is 64.5 Å². The molecule has 0 fully saturated rings. The van der Waals surface area contributed by atoms with E-state index < -0.39 is 0 Å². The molecule has 35 heavy (non-hydrogen) atoms. The molecule has 10 heteroatoms. The Morgan fingerprint density at radius 1 is 1.11 bits per heavy atom. The molecule has 1 N–H and O–H groups in total. The number of carbonyl (C=O) groups is 1. The van der Waals surface area contributed by atoms with E-state index in [9.17, 15) is 4.79 Å². The zero-order valence-electron chi connectivity index (χ0n) is 20.5. The number of carbonyl (C=O) groups excluding carboxylic acids is 1. The minimum Gasteiger partial charge on any atom is -0.493 e. The third-order valence-corrected chi connectivity index (χ3v) is 6.57. The molecule has 1 aliphatic heterocycles. The first-order valence-electron chi connectivity index (χ1n) is 11.7. The lowest BCUT2D eigenvalue weighted by Crippen LogP contribution is -2.34. The predicted octanol–water partition coefficient (Wildman–Crippen LogP) is 3.53. The fourth-order valence-corrected chi connectivity index (χ4v) is 4.49. The van der Waals surface area contributed by atoms with E-state index in [1.807, 2.05) is 6.07 Å². The Labute approximate surface area is 210 Å². The van der Waals surface area contributed by atoms with Crippen molar-refractivity contribution in [1.29, 1.82) is 0 Å². The van der Waals surface area contributed by atoms with Gasteiger partial charge in [0.2, 0.25) is 0 Å². The summed E-state index contributed by atoms with van der Waals surface area (Å²) >= 11 is 6.53. The predicted molar refractivity (Wildman–Crippen MR) is 133 cm³/mol. The maximum atomic E-state index is 12.8. The summed E-state index contributed by atoms with van der Waals surface area (Å²) in [5, 5.41) is 12.7. The lowest BCUT2D eigenvalue weighted by Gasteiger charge is -2.23. The molecule has 3 heterocycles. The molecule has 0 bridgehead atoms. The summed E-state index contributed by atoms with van der Waals surface area (Å²) < 4.78 is 12.9. The van der Waals surface area contributed by atoms with E-state index >= 15 is 0 Å². The van der Waals surface area contributed by atoms with Gasteiger partial charge in [-0.2, -0.15) is 0 Å². The summed E-state index contributed by atoms with van der Waals surface area (Å²) in [5.41, 5.74) is 1.36. The maximum absolute atomic E-state index is 12.8. The Hall–Kier alpha value is -3.17. The highest BCUT2D eigenvalue weighted by Gasteiger charge is 2.28. The molecule has 3 aromatic rings. The topological polar surface area (TPSA) is 94.4 Å². The number of halogens is 1. The first kappa shape index (κ1) is 24.9. The zero-order chi connectivity index (χ0) is 24.9. The van der Waals surface area contributed by atoms with Crippen molar-refractivity contribution in [2.24, 2.45) is 5.92 Å². The molecule has 0 radical (unpaired) electrons. The summed E-state index contributed by atoms with van der Waals surface area (Å²) in [4.78, 5) is 19.3. The number of nitrogens with zero attached hydrogens (tertiary/aromatic N) is 5. The van der Waals surface area contributed by atoms with E-state index in [1.165, 1.54) is 0 Å². The molecule has 0 spiro atoms. The third-order valence-electron chi connectivity index (χ3n) is 6.22. The number of fused-ring (bicyclic) bond motifs is 1. The third kappa shape index (κ3) is 5.57. The van der Waals surface area contributed by atoms with Crippen LogP contribution in [0.4, 0.5) is 0 Å². The maximum Gasteiger partial charge on any atom is 0.270 e. The molecule has 0 saturated heterocycles. The van der Waals surface area contributed by atoms with Gasteiger partial charge in [-0.25, -0.2) is 0 Å². The number of nitrogens with one attached hydrogen (secondary N) is 1. The molecule has 1 aromatic carbocycles. The Bertz CT molecular complexity index is 1170. The standard InChI is InChI=1S/C25H31ClN6O3/c1-16(2)23(28-25(33)19-7-5-6-9-27-19)24-30-29-22-8-10-31(11-12-32(22)24)15-17-13-20(34-3)21(35-4)14-18(17)26/h5-7,9,13-14,16,23H,8,10-12,15H2,1-4H3,(H,28,33)/t23-/m0/s1. The smallest absolute Gasteiger partial charge is 0.270 e. The number of aromatic nitrogens is 4. The normalized spacial score (nSPS) is 14.8. The number of amides is 1. The van der Waals surface area contributed by atoms with E-state index in [4.69, 9.17) is 21.1 Å². The van der Waals surface area contributed by atoms with Gasteiger partial charge in [-0.1, -0.05) is 31.5 Å². The molecule has 186 valence electrons. The van der Waals surface area contributed by atoms with Crippen LogP contribution < -0.4 is 14.8 Å². The first-order valence-corrected chi connectivity index (χ1v) is 12.1. The van der Waals surface area contributed by atoms with Crippen LogP contribution in [0.3, 0.4) is 0 Å². The van der Waals surface area contributed by atoms with E-state index in [2.05, 4.69) is 43.8 Å². The van der Waals surface area contributed by atoms with Crippen LogP contribution in [0.2, 0.25) is 5.02 Å². The van der Waals surface area contributed by atoms with Crippen molar-refractivity contribution in [3.63, 3.8) is 0 Å². The van der Waals surface area contributed by atoms with Crippen molar-refractivity contribution in [3.8, 4) is 11.5 Å². The van der Waals surface area contributed by atoms with Crippen LogP contribution in [0, 0.1) is 5.92 Å². The van der Waals surface area contributed by atoms with E-state index in [0.29, 0.717) is 35.3 Å². The summed E-state index contributed by atoms with van der Waals surface area (Å²) in [6.07, 6.45) is 2.36. The number of ether oxygens (including phenoxy) is 2. The number of pyridine rings is 1. The quantitative estimate of drug-likeness (QED) is 0.507. The lowest BCUT2D eigenvalue weighted by molar-refractivity contribution is 0.0916. The fourth-order valence-electron chi connectivity index (χ4n) is 4.28. The Morgan fingerprint density at radius 2 is 1.89 bits per heavy atom. The second-order valence-electron chi connectivity index (χ2n) is 8.86. The highest BCUT2D eigenvalue weighted by molar-refractivity contribution is 6.31. The second kappa shape index (κ2) is 11.0. The molecular weight excluding hydrogens is 468 g/mol. The summed E-state index contributed by atoms with van der Waals surface area (Å²) in [7, 11) is 3.21. The Kier molecular flexibility index (Phi) is 7.87. The van der Waals surface area contributed by atoms with Crippen LogP contribution in [-0.4, -0.2) is 57.9 Å². The van der Waals surface area contributed by atoms with E-state index in [1.54, 1.807) is 44.7 Å². The number of hydrogen-bond donors (Lipinski definition) is 1. The second-order valence-corrected chi connectivity index (χ2v) is 9.27. The van der Waals surface area contributed by atoms with Gasteiger partial charge in [-0.3, -0.25) is 14.7 Å². The Balaban J connectivity index is 1.49. The molecule has 0 unspecified atom stereocenters. The van der Waals surface area contributed by atoms with Crippen LogP contribution in [-0.2, 0) is 19.5 Å². The first-order chi connectivity index (χ1) is 16.9. The molecule has 9 nitrogen and oxygen atoms in total. The molecule has 1 atom stereocenters. The van der Waals surface area contributed by atoms with Gasteiger partial charge in [0.05, 0.1) is 20.3 Å². The van der Waals surface area contributed by atoms with Gasteiger partial charge in [0, 0.05) is 49.9 Å². The average molecular weight is 499 g/mol. The van der Waals surface area contributed by atoms with E-state index in [-0.39, 0.29) is 17.9 Å². The summed E-state index contributed by atoms with van der Waals surface area (Å²) in [6.45, 7) is 7.12. The van der Waals surface area contributed by atoms with Crippen molar-refractivity contribution >= 4 is 17.5 Å². The summed E-state index contributed by atoms with van der Waals surface area (Å²) in [6, 6.07) is 8.73. The largest absolute Gasteiger partial charge is 0.493 e. The van der Waals surface area contributed by atoms with Crippen molar-refractivity contribution in [2.75, 3.05) is 27.3 Å². The lowest BCUT2D eigenvalue weighted by atomic mass is 10.0. The van der Waals surface area contributed by atoms with Crippen molar-refractivity contribution in [1.82, 2.24) is 30.0 Å². The Morgan fingerprint density at radius 3 is 2.57 bits per heavy atom. The molecule has 1 amide bonds. The number of methoxy groups -OCH3 is 2. The monoisotopic (exact) mass is 498 g/mol. The van der Waals surface area contributed by atoms with E-state index in [0.717, 1.165) is 36.7 Å².